The number of hydrogen-bond acceptors (Lipinski definition) is 0. The summed E-state index contributed by atoms with van der Waals surface area (Å²) in [5.74, 6) is 0. The summed E-state index contributed by atoms with van der Waals surface area (Å²) in [6, 6.07) is 0. The zero-order valence-corrected chi connectivity index (χ0v) is 12.2. The fraction of sp³-hybridized carbons (Fsp3) is 0. The van der Waals surface area contributed by atoms with E-state index in [2.05, 4.69) is 0 Å². The molecular formula is Mo2Nb2O5. The van der Waals surface area contributed by atoms with Gasteiger partial charge in [-0.3, -0.25) is 0 Å². The van der Waals surface area contributed by atoms with Crippen molar-refractivity contribution in [2.75, 3.05) is 0 Å². The summed E-state index contributed by atoms with van der Waals surface area (Å²) >= 11 is 0. The molecule has 9 heteroatoms. The minimum atomic E-state index is 0. The molecule has 0 aliphatic heterocycles. The van der Waals surface area contributed by atoms with Crippen LogP contribution in [0.3, 0.4) is 0 Å². The average Bonchev–Trinajstić information content (AvgIpc) is 0. The van der Waals surface area contributed by atoms with Gasteiger partial charge in [-0.1, -0.05) is 0 Å². The molecule has 52 valence electrons. The molecule has 0 saturated carbocycles. The van der Waals surface area contributed by atoms with E-state index in [0.717, 1.165) is 0 Å². The maximum atomic E-state index is 0. The quantitative estimate of drug-likeness (QED) is 0.428. The molecule has 0 amide bonds. The van der Waals surface area contributed by atoms with Crippen molar-refractivity contribution < 1.29 is 114 Å². The van der Waals surface area contributed by atoms with Gasteiger partial charge in [-0.15, -0.1) is 0 Å². The van der Waals surface area contributed by atoms with Crippen LogP contribution in [0.4, 0.5) is 0 Å². The van der Waals surface area contributed by atoms with Crippen LogP contribution in [0.2, 0.25) is 0 Å². The number of rotatable bonds is 0. The predicted molar refractivity (Wildman–Crippen MR) is 3.43 cm³/mol. The van der Waals surface area contributed by atoms with Gasteiger partial charge in [0.25, 0.3) is 0 Å². The first-order chi connectivity index (χ1) is 0. The molecule has 0 unspecified atom stereocenters. The van der Waals surface area contributed by atoms with Crippen LogP contribution in [0.1, 0.15) is 0 Å². The van der Waals surface area contributed by atoms with Gasteiger partial charge in [0.2, 0.25) is 0 Å². The normalized spacial score (nSPS) is 0. The van der Waals surface area contributed by atoms with E-state index in [1.807, 2.05) is 0 Å². The first-order valence-corrected chi connectivity index (χ1v) is 0. The Hall–Kier alpha value is 2.66. The molecule has 0 saturated heterocycles. The summed E-state index contributed by atoms with van der Waals surface area (Å²) in [6.45, 7) is 0. The minimum absolute atomic E-state index is 0. The van der Waals surface area contributed by atoms with Gasteiger partial charge in [-0.05, 0) is 0 Å². The molecule has 0 heterocycles. The molecule has 0 N–H and O–H groups in total. The first-order valence-electron chi connectivity index (χ1n) is 0. The van der Waals surface area contributed by atoms with Gasteiger partial charge in [-0.2, -0.15) is 0 Å². The third-order valence-electron chi connectivity index (χ3n) is 0. The van der Waals surface area contributed by atoms with Crippen molar-refractivity contribution in [1.29, 1.82) is 0 Å². The summed E-state index contributed by atoms with van der Waals surface area (Å²) in [5, 5.41) is 0. The second-order valence-electron chi connectivity index (χ2n) is 0. The molecule has 0 aliphatic carbocycles. The summed E-state index contributed by atoms with van der Waals surface area (Å²) in [4.78, 5) is 0. The molecule has 9 heavy (non-hydrogen) atoms. The van der Waals surface area contributed by atoms with E-state index in [4.69, 9.17) is 0 Å². The summed E-state index contributed by atoms with van der Waals surface area (Å²) in [5.41, 5.74) is 0. The van der Waals surface area contributed by atoms with Crippen LogP contribution in [0, 0.1) is 0 Å². The van der Waals surface area contributed by atoms with Crippen molar-refractivity contribution in [3.05, 3.63) is 0 Å². The van der Waals surface area contributed by atoms with Crippen molar-refractivity contribution in [1.82, 2.24) is 0 Å². The zero-order chi connectivity index (χ0) is 0. The van der Waals surface area contributed by atoms with Gasteiger partial charge in [-0.25, -0.2) is 0 Å². The molecule has 0 radical (unpaired) electrons. The van der Waals surface area contributed by atoms with Crippen LogP contribution in [0.25, 0.3) is 0 Å². The minimum Gasteiger partial charge on any atom is -2.00 e. The Balaban J connectivity index is 0. The van der Waals surface area contributed by atoms with E-state index in [9.17, 15) is 0 Å². The van der Waals surface area contributed by atoms with Crippen molar-refractivity contribution in [3.63, 3.8) is 0 Å². The van der Waals surface area contributed by atoms with Crippen LogP contribution >= 0.6 is 0 Å². The van der Waals surface area contributed by atoms with Crippen molar-refractivity contribution in [2.24, 2.45) is 0 Å². The second-order valence-corrected chi connectivity index (χ2v) is 0. The largest absolute Gasteiger partial charge is 5.00 e. The van der Waals surface area contributed by atoms with Crippen LogP contribution in [0.5, 0.6) is 0 Å². The Kier molecular flexibility index (Phi) is 2930. The zero-order valence-electron chi connectivity index (χ0n) is 3.75. The topological polar surface area (TPSA) is 142 Å². The maximum Gasteiger partial charge on any atom is 5.00 e. The summed E-state index contributed by atoms with van der Waals surface area (Å²) in [6.07, 6.45) is 0. The van der Waals surface area contributed by atoms with Gasteiger partial charge in [0, 0.05) is 42.1 Å². The third-order valence-corrected chi connectivity index (χ3v) is 0. The van der Waals surface area contributed by atoms with E-state index < -0.39 is 0 Å². The van der Waals surface area contributed by atoms with Gasteiger partial charge in [0.15, 0.2) is 0 Å². The molecule has 0 aromatic rings. The smallest absolute Gasteiger partial charge is 2.00 e. The Morgan fingerprint density at radius 1 is 0.333 bits per heavy atom. The molecule has 0 aromatic heterocycles. The van der Waals surface area contributed by atoms with E-state index in [1.54, 1.807) is 0 Å². The van der Waals surface area contributed by atoms with E-state index in [-0.39, 0.29) is 114 Å². The van der Waals surface area contributed by atoms with Crippen LogP contribution in [-0.4, -0.2) is 0 Å². The third kappa shape index (κ3) is 113. The summed E-state index contributed by atoms with van der Waals surface area (Å²) < 4.78 is 0. The molecule has 0 rings (SSSR count). The molecule has 5 nitrogen and oxygen atoms in total. The fourth-order valence-electron chi connectivity index (χ4n) is 0. The average molecular weight is 458 g/mol. The molecule has 0 bridgehead atoms. The van der Waals surface area contributed by atoms with Crippen molar-refractivity contribution in [2.45, 2.75) is 0 Å². The fourth-order valence-corrected chi connectivity index (χ4v) is 0. The van der Waals surface area contributed by atoms with Crippen LogP contribution in [-0.2, 0) is 114 Å². The predicted octanol–water partition coefficient (Wildman–Crippen LogP) is -0.604. The Labute approximate surface area is 113 Å². The van der Waals surface area contributed by atoms with Crippen LogP contribution < -0.4 is 0 Å². The van der Waals surface area contributed by atoms with Gasteiger partial charge in [0.1, 0.15) is 0 Å². The molecule has 0 fully saturated rings. The molecule has 0 aromatic carbocycles. The van der Waals surface area contributed by atoms with Crippen LogP contribution in [0.15, 0.2) is 0 Å². The van der Waals surface area contributed by atoms with Gasteiger partial charge < -0.3 is 27.4 Å². The standard InChI is InChI=1S/2Mo.2Nb.5O/q;;2*+5;5*-2. The molecule has 0 atom stereocenters. The maximum absolute atomic E-state index is 0. The van der Waals surface area contributed by atoms with Gasteiger partial charge >= 0.3 is 44.8 Å². The molecule has 0 spiro atoms. The molecular weight excluding hydrogens is 458 g/mol. The van der Waals surface area contributed by atoms with E-state index in [0.29, 0.717) is 0 Å². The Morgan fingerprint density at radius 3 is 0.333 bits per heavy atom. The van der Waals surface area contributed by atoms with Crippen molar-refractivity contribution >= 4 is 0 Å². The van der Waals surface area contributed by atoms with Gasteiger partial charge in [0.05, 0.1) is 0 Å². The number of hydrogen-bond donors (Lipinski definition) is 0. The van der Waals surface area contributed by atoms with Crippen molar-refractivity contribution in [3.8, 4) is 0 Å². The SMILES string of the molecule is [Mo].[Mo].[Nb+5].[Nb+5].[O-2].[O-2].[O-2].[O-2].[O-2]. The molecule has 0 aliphatic rings. The van der Waals surface area contributed by atoms with E-state index in [1.165, 1.54) is 0 Å². The second kappa shape index (κ2) is 141. The summed E-state index contributed by atoms with van der Waals surface area (Å²) in [7, 11) is 0. The monoisotopic (exact) mass is 462 g/mol. The van der Waals surface area contributed by atoms with E-state index >= 15 is 0 Å². The first kappa shape index (κ1) is 188. The Morgan fingerprint density at radius 2 is 0.333 bits per heavy atom. The Bertz CT molecular complexity index is 12.9.